The van der Waals surface area contributed by atoms with E-state index in [0.717, 1.165) is 6.42 Å². The summed E-state index contributed by atoms with van der Waals surface area (Å²) in [4.78, 5) is 23.6. The standard InChI is InChI=1S/C21H18O7/c1-12-20(13-3-6-16-18(9-13)26-8-2-7-25-16)21(24)15-5-4-14(10-17(15)28-12)27-11-19(22)23/h3-6,9-10H,2,7-8,11H2,1H3,(H,22,23)/p-1. The average Bonchev–Trinajstić information content (AvgIpc) is 2.91. The molecule has 0 aliphatic carbocycles. The van der Waals surface area contributed by atoms with Crippen molar-refractivity contribution in [3.63, 3.8) is 0 Å². The summed E-state index contributed by atoms with van der Waals surface area (Å²) in [6.45, 7) is 2.26. The molecule has 0 fully saturated rings. The Kier molecular flexibility index (Phi) is 4.65. The van der Waals surface area contributed by atoms with Gasteiger partial charge in [-0.15, -0.1) is 0 Å². The summed E-state index contributed by atoms with van der Waals surface area (Å²) >= 11 is 0. The van der Waals surface area contributed by atoms with E-state index >= 15 is 0 Å². The molecule has 144 valence electrons. The van der Waals surface area contributed by atoms with Gasteiger partial charge in [0.05, 0.1) is 30.1 Å². The molecule has 0 saturated heterocycles. The second-order valence-electron chi connectivity index (χ2n) is 6.39. The van der Waals surface area contributed by atoms with Gasteiger partial charge in [0, 0.05) is 12.5 Å². The molecule has 0 atom stereocenters. The van der Waals surface area contributed by atoms with Gasteiger partial charge >= 0.3 is 0 Å². The van der Waals surface area contributed by atoms with E-state index in [1.807, 2.05) is 0 Å². The molecule has 0 N–H and O–H groups in total. The van der Waals surface area contributed by atoms with Crippen LogP contribution in [-0.4, -0.2) is 25.8 Å². The zero-order valence-corrected chi connectivity index (χ0v) is 15.2. The number of rotatable bonds is 4. The van der Waals surface area contributed by atoms with E-state index in [1.54, 1.807) is 31.2 Å². The third-order valence-corrected chi connectivity index (χ3v) is 4.43. The molecule has 4 rings (SSSR count). The molecule has 7 nitrogen and oxygen atoms in total. The molecule has 0 spiro atoms. The first-order valence-electron chi connectivity index (χ1n) is 8.83. The first-order chi connectivity index (χ1) is 13.5. The van der Waals surface area contributed by atoms with Gasteiger partial charge in [-0.2, -0.15) is 0 Å². The molecule has 1 aromatic heterocycles. The van der Waals surface area contributed by atoms with Gasteiger partial charge in [-0.05, 0) is 36.8 Å². The van der Waals surface area contributed by atoms with E-state index in [9.17, 15) is 14.7 Å². The zero-order chi connectivity index (χ0) is 19.7. The Balaban J connectivity index is 1.78. The van der Waals surface area contributed by atoms with Crippen molar-refractivity contribution in [2.24, 2.45) is 0 Å². The number of carbonyl (C=O) groups is 1. The van der Waals surface area contributed by atoms with Gasteiger partial charge in [-0.3, -0.25) is 4.79 Å². The fourth-order valence-electron chi connectivity index (χ4n) is 3.17. The van der Waals surface area contributed by atoms with Crippen molar-refractivity contribution in [2.45, 2.75) is 13.3 Å². The lowest BCUT2D eigenvalue weighted by atomic mass is 10.0. The van der Waals surface area contributed by atoms with Crippen molar-refractivity contribution in [3.05, 3.63) is 52.4 Å². The summed E-state index contributed by atoms with van der Waals surface area (Å²) in [6, 6.07) is 9.94. The van der Waals surface area contributed by atoms with E-state index in [0.29, 0.717) is 52.6 Å². The lowest BCUT2D eigenvalue weighted by Gasteiger charge is -2.12. The number of carboxylic acid groups (broad SMARTS) is 1. The van der Waals surface area contributed by atoms with E-state index in [4.69, 9.17) is 18.6 Å². The summed E-state index contributed by atoms with van der Waals surface area (Å²) in [5, 5.41) is 10.9. The zero-order valence-electron chi connectivity index (χ0n) is 15.2. The SMILES string of the molecule is Cc1oc2cc(OCC(=O)[O-])ccc2c(=O)c1-c1ccc2c(c1)OCCCO2. The van der Waals surface area contributed by atoms with Crippen LogP contribution in [0.15, 0.2) is 45.6 Å². The minimum Gasteiger partial charge on any atom is -0.546 e. The van der Waals surface area contributed by atoms with Gasteiger partial charge < -0.3 is 28.5 Å². The average molecular weight is 381 g/mol. The fourth-order valence-corrected chi connectivity index (χ4v) is 3.17. The third-order valence-electron chi connectivity index (χ3n) is 4.43. The van der Waals surface area contributed by atoms with Crippen molar-refractivity contribution in [1.82, 2.24) is 0 Å². The predicted octanol–water partition coefficient (Wildman–Crippen LogP) is 2.06. The van der Waals surface area contributed by atoms with Crippen LogP contribution >= 0.6 is 0 Å². The van der Waals surface area contributed by atoms with E-state index in [1.165, 1.54) is 12.1 Å². The number of aliphatic carboxylic acids is 1. The highest BCUT2D eigenvalue weighted by atomic mass is 16.5. The molecular weight excluding hydrogens is 364 g/mol. The molecule has 3 aromatic rings. The Labute approximate surface area is 160 Å². The van der Waals surface area contributed by atoms with Crippen molar-refractivity contribution in [2.75, 3.05) is 19.8 Å². The van der Waals surface area contributed by atoms with Crippen LogP contribution in [0.3, 0.4) is 0 Å². The first-order valence-corrected chi connectivity index (χ1v) is 8.83. The smallest absolute Gasteiger partial charge is 0.200 e. The van der Waals surface area contributed by atoms with Crippen molar-refractivity contribution in [3.8, 4) is 28.4 Å². The quantitative estimate of drug-likeness (QED) is 0.682. The Bertz CT molecular complexity index is 1110. The molecule has 1 aliphatic heterocycles. The van der Waals surface area contributed by atoms with Gasteiger partial charge in [0.15, 0.2) is 11.5 Å². The van der Waals surface area contributed by atoms with Crippen LogP contribution in [0.5, 0.6) is 17.2 Å². The highest BCUT2D eigenvalue weighted by Crippen LogP contribution is 2.35. The Morgan fingerprint density at radius 3 is 2.68 bits per heavy atom. The van der Waals surface area contributed by atoms with Gasteiger partial charge in [-0.25, -0.2) is 0 Å². The van der Waals surface area contributed by atoms with Crippen LogP contribution in [0.4, 0.5) is 0 Å². The van der Waals surface area contributed by atoms with Crippen molar-refractivity contribution < 1.29 is 28.5 Å². The fraction of sp³-hybridized carbons (Fsp3) is 0.238. The second-order valence-corrected chi connectivity index (χ2v) is 6.39. The summed E-state index contributed by atoms with van der Waals surface area (Å²) in [5.41, 5.74) is 1.23. The van der Waals surface area contributed by atoms with Gasteiger partial charge in [0.2, 0.25) is 5.43 Å². The van der Waals surface area contributed by atoms with Gasteiger partial charge in [-0.1, -0.05) is 6.07 Å². The molecule has 28 heavy (non-hydrogen) atoms. The molecule has 2 heterocycles. The van der Waals surface area contributed by atoms with Crippen LogP contribution < -0.4 is 24.7 Å². The summed E-state index contributed by atoms with van der Waals surface area (Å²) in [7, 11) is 0. The number of hydrogen-bond donors (Lipinski definition) is 0. The van der Waals surface area contributed by atoms with E-state index < -0.39 is 12.6 Å². The predicted molar refractivity (Wildman–Crippen MR) is 98.8 cm³/mol. The molecule has 1 aliphatic rings. The van der Waals surface area contributed by atoms with Crippen molar-refractivity contribution >= 4 is 16.9 Å². The number of carboxylic acids is 1. The highest BCUT2D eigenvalue weighted by Gasteiger charge is 2.17. The normalized spacial score (nSPS) is 13.2. The maximum absolute atomic E-state index is 13.1. The Hall–Kier alpha value is -3.48. The van der Waals surface area contributed by atoms with E-state index in [-0.39, 0.29) is 11.2 Å². The van der Waals surface area contributed by atoms with Crippen molar-refractivity contribution in [1.29, 1.82) is 0 Å². The molecule has 0 saturated carbocycles. The van der Waals surface area contributed by atoms with Crippen LogP contribution in [-0.2, 0) is 4.79 Å². The van der Waals surface area contributed by atoms with Gasteiger partial charge in [0.25, 0.3) is 0 Å². The summed E-state index contributed by atoms with van der Waals surface area (Å²) in [6.07, 6.45) is 0.795. The molecule has 0 unspecified atom stereocenters. The lowest BCUT2D eigenvalue weighted by Crippen LogP contribution is -2.28. The number of hydrogen-bond acceptors (Lipinski definition) is 7. The minimum absolute atomic E-state index is 0.195. The molecule has 2 aromatic carbocycles. The number of benzene rings is 2. The van der Waals surface area contributed by atoms with Crippen LogP contribution in [0.25, 0.3) is 22.1 Å². The number of ether oxygens (including phenoxy) is 3. The second kappa shape index (κ2) is 7.26. The highest BCUT2D eigenvalue weighted by molar-refractivity contribution is 5.84. The van der Waals surface area contributed by atoms with Gasteiger partial charge in [0.1, 0.15) is 23.7 Å². The maximum Gasteiger partial charge on any atom is 0.200 e. The summed E-state index contributed by atoms with van der Waals surface area (Å²) < 4.78 is 22.3. The number of fused-ring (bicyclic) bond motifs is 2. The number of carbonyl (C=O) groups excluding carboxylic acids is 1. The van der Waals surface area contributed by atoms with E-state index in [2.05, 4.69) is 0 Å². The topological polar surface area (TPSA) is 98.0 Å². The molecule has 7 heteroatoms. The molecule has 0 radical (unpaired) electrons. The third kappa shape index (κ3) is 3.38. The first kappa shape index (κ1) is 17.9. The Morgan fingerprint density at radius 2 is 1.89 bits per heavy atom. The molecule has 0 bridgehead atoms. The van der Waals surface area contributed by atoms with Crippen LogP contribution in [0, 0.1) is 6.92 Å². The maximum atomic E-state index is 13.1. The summed E-state index contributed by atoms with van der Waals surface area (Å²) in [5.74, 6) is 0.632. The lowest BCUT2D eigenvalue weighted by molar-refractivity contribution is -0.307. The Morgan fingerprint density at radius 1 is 1.11 bits per heavy atom. The van der Waals surface area contributed by atoms with Crippen LogP contribution in [0.1, 0.15) is 12.2 Å². The molecular formula is C21H17O7-. The minimum atomic E-state index is -1.33. The monoisotopic (exact) mass is 381 g/mol. The largest absolute Gasteiger partial charge is 0.546 e. The number of aryl methyl sites for hydroxylation is 1. The van der Waals surface area contributed by atoms with Crippen LogP contribution in [0.2, 0.25) is 0 Å². The molecule has 0 amide bonds.